The van der Waals surface area contributed by atoms with E-state index in [9.17, 15) is 0 Å². The molecule has 0 radical (unpaired) electrons. The monoisotopic (exact) mass is 210 g/mol. The third-order valence-electron chi connectivity index (χ3n) is 2.26. The molecule has 0 aliphatic rings. The van der Waals surface area contributed by atoms with Crippen LogP contribution in [-0.4, -0.2) is 23.6 Å². The molecule has 0 aliphatic heterocycles. The highest BCUT2D eigenvalue weighted by molar-refractivity contribution is 5.42. The number of hydrogen-bond acceptors (Lipinski definition) is 5. The highest BCUT2D eigenvalue weighted by Crippen LogP contribution is 2.14. The van der Waals surface area contributed by atoms with Crippen LogP contribution in [0.2, 0.25) is 0 Å². The molecule has 0 aliphatic carbocycles. The second-order valence-corrected chi connectivity index (χ2v) is 3.55. The maximum atomic E-state index is 5.53. The Bertz CT molecular complexity index is 316. The predicted molar refractivity (Wildman–Crippen MR) is 60.9 cm³/mol. The standard InChI is InChI=1S/C10H18N4O/c1-4-7(2)6-12-8-5-9(15-3)14-10(11)13-8/h5,7H,4,6H2,1-3H3,(H3,11,12,13,14). The molecule has 1 rings (SSSR count). The minimum Gasteiger partial charge on any atom is -0.481 e. The Morgan fingerprint density at radius 2 is 2.27 bits per heavy atom. The molecular formula is C10H18N4O. The molecule has 0 fully saturated rings. The third kappa shape index (κ3) is 3.61. The Morgan fingerprint density at radius 3 is 2.87 bits per heavy atom. The summed E-state index contributed by atoms with van der Waals surface area (Å²) >= 11 is 0. The smallest absolute Gasteiger partial charge is 0.225 e. The number of methoxy groups -OCH3 is 1. The molecular weight excluding hydrogens is 192 g/mol. The molecule has 1 unspecified atom stereocenters. The van der Waals surface area contributed by atoms with Crippen molar-refractivity contribution in [3.05, 3.63) is 6.07 Å². The van der Waals surface area contributed by atoms with Crippen LogP contribution in [0.1, 0.15) is 20.3 Å². The Balaban J connectivity index is 2.64. The topological polar surface area (TPSA) is 73.1 Å². The van der Waals surface area contributed by atoms with Crippen molar-refractivity contribution in [2.75, 3.05) is 24.7 Å². The van der Waals surface area contributed by atoms with Crippen molar-refractivity contribution < 1.29 is 4.74 Å². The van der Waals surface area contributed by atoms with Gasteiger partial charge in [0.15, 0.2) is 0 Å². The van der Waals surface area contributed by atoms with Crippen LogP contribution in [0, 0.1) is 5.92 Å². The molecule has 0 saturated heterocycles. The molecule has 0 spiro atoms. The van der Waals surface area contributed by atoms with Gasteiger partial charge in [0, 0.05) is 12.6 Å². The first-order valence-corrected chi connectivity index (χ1v) is 5.08. The fourth-order valence-corrected chi connectivity index (χ4v) is 1.06. The zero-order valence-corrected chi connectivity index (χ0v) is 9.45. The fraction of sp³-hybridized carbons (Fsp3) is 0.600. The van der Waals surface area contributed by atoms with E-state index in [-0.39, 0.29) is 5.95 Å². The van der Waals surface area contributed by atoms with Crippen molar-refractivity contribution in [2.45, 2.75) is 20.3 Å². The number of nitrogens with one attached hydrogen (secondary N) is 1. The van der Waals surface area contributed by atoms with Gasteiger partial charge in [-0.25, -0.2) is 0 Å². The van der Waals surface area contributed by atoms with E-state index in [1.54, 1.807) is 13.2 Å². The fourth-order valence-electron chi connectivity index (χ4n) is 1.06. The highest BCUT2D eigenvalue weighted by atomic mass is 16.5. The van der Waals surface area contributed by atoms with Crippen molar-refractivity contribution in [3.63, 3.8) is 0 Å². The number of hydrogen-bond donors (Lipinski definition) is 2. The van der Waals surface area contributed by atoms with Crippen LogP contribution < -0.4 is 15.8 Å². The van der Waals surface area contributed by atoms with Crippen LogP contribution in [-0.2, 0) is 0 Å². The average Bonchev–Trinajstić information content (AvgIpc) is 2.25. The molecule has 5 heteroatoms. The van der Waals surface area contributed by atoms with Crippen molar-refractivity contribution in [3.8, 4) is 5.88 Å². The van der Waals surface area contributed by atoms with Gasteiger partial charge < -0.3 is 15.8 Å². The minimum absolute atomic E-state index is 0.223. The Labute approximate surface area is 90.1 Å². The highest BCUT2D eigenvalue weighted by Gasteiger charge is 2.03. The number of nitrogens with zero attached hydrogens (tertiary/aromatic N) is 2. The van der Waals surface area contributed by atoms with Crippen molar-refractivity contribution in [2.24, 2.45) is 5.92 Å². The number of anilines is 2. The van der Waals surface area contributed by atoms with Gasteiger partial charge in [0.1, 0.15) is 5.82 Å². The molecule has 1 aromatic heterocycles. The maximum Gasteiger partial charge on any atom is 0.225 e. The lowest BCUT2D eigenvalue weighted by atomic mass is 10.1. The van der Waals surface area contributed by atoms with Gasteiger partial charge in [0.25, 0.3) is 0 Å². The van der Waals surface area contributed by atoms with Gasteiger partial charge in [-0.1, -0.05) is 20.3 Å². The van der Waals surface area contributed by atoms with Crippen molar-refractivity contribution in [1.29, 1.82) is 0 Å². The first-order valence-electron chi connectivity index (χ1n) is 5.08. The second-order valence-electron chi connectivity index (χ2n) is 3.55. The second kappa shape index (κ2) is 5.38. The van der Waals surface area contributed by atoms with E-state index in [0.29, 0.717) is 17.6 Å². The zero-order valence-electron chi connectivity index (χ0n) is 9.45. The van der Waals surface area contributed by atoms with Crippen LogP contribution in [0.3, 0.4) is 0 Å². The lowest BCUT2D eigenvalue weighted by Gasteiger charge is -2.11. The molecule has 3 N–H and O–H groups in total. The van der Waals surface area contributed by atoms with Gasteiger partial charge in [-0.05, 0) is 5.92 Å². The summed E-state index contributed by atoms with van der Waals surface area (Å²) in [6, 6.07) is 1.73. The lowest BCUT2D eigenvalue weighted by Crippen LogP contribution is -2.12. The molecule has 0 bridgehead atoms. The minimum atomic E-state index is 0.223. The summed E-state index contributed by atoms with van der Waals surface area (Å²) in [7, 11) is 1.56. The van der Waals surface area contributed by atoms with Crippen LogP contribution in [0.4, 0.5) is 11.8 Å². The van der Waals surface area contributed by atoms with E-state index in [1.165, 1.54) is 0 Å². The number of nitrogen functional groups attached to an aromatic ring is 1. The average molecular weight is 210 g/mol. The summed E-state index contributed by atoms with van der Waals surface area (Å²) in [6.07, 6.45) is 1.13. The Hall–Kier alpha value is -1.52. The van der Waals surface area contributed by atoms with Gasteiger partial charge in [0.05, 0.1) is 7.11 Å². The summed E-state index contributed by atoms with van der Waals surface area (Å²) in [5, 5.41) is 3.20. The van der Waals surface area contributed by atoms with Crippen LogP contribution >= 0.6 is 0 Å². The number of nitrogens with two attached hydrogens (primary N) is 1. The van der Waals surface area contributed by atoms with Crippen LogP contribution in [0.5, 0.6) is 5.88 Å². The Kier molecular flexibility index (Phi) is 4.15. The summed E-state index contributed by atoms with van der Waals surface area (Å²) in [5.41, 5.74) is 5.53. The van der Waals surface area contributed by atoms with E-state index in [0.717, 1.165) is 13.0 Å². The van der Waals surface area contributed by atoms with E-state index in [2.05, 4.69) is 29.1 Å². The number of aromatic nitrogens is 2. The summed E-state index contributed by atoms with van der Waals surface area (Å²) in [4.78, 5) is 7.97. The molecule has 84 valence electrons. The molecule has 5 nitrogen and oxygen atoms in total. The number of rotatable bonds is 5. The van der Waals surface area contributed by atoms with E-state index >= 15 is 0 Å². The van der Waals surface area contributed by atoms with Gasteiger partial charge in [0.2, 0.25) is 11.8 Å². The van der Waals surface area contributed by atoms with Crippen molar-refractivity contribution >= 4 is 11.8 Å². The Morgan fingerprint density at radius 1 is 1.53 bits per heavy atom. The molecule has 15 heavy (non-hydrogen) atoms. The van der Waals surface area contributed by atoms with Crippen LogP contribution in [0.25, 0.3) is 0 Å². The summed E-state index contributed by atoms with van der Waals surface area (Å²) in [6.45, 7) is 5.20. The largest absolute Gasteiger partial charge is 0.481 e. The van der Waals surface area contributed by atoms with Crippen molar-refractivity contribution in [1.82, 2.24) is 9.97 Å². The molecule has 0 saturated carbocycles. The van der Waals surface area contributed by atoms with E-state index in [4.69, 9.17) is 10.5 Å². The molecule has 1 aromatic rings. The molecule has 0 aromatic carbocycles. The summed E-state index contributed by atoms with van der Waals surface area (Å²) in [5.74, 6) is 2.02. The van der Waals surface area contributed by atoms with Gasteiger partial charge in [-0.15, -0.1) is 0 Å². The molecule has 1 atom stereocenters. The first kappa shape index (κ1) is 11.6. The quantitative estimate of drug-likeness (QED) is 0.771. The first-order chi connectivity index (χ1) is 7.15. The third-order valence-corrected chi connectivity index (χ3v) is 2.26. The van der Waals surface area contributed by atoms with Gasteiger partial charge in [-0.3, -0.25) is 0 Å². The normalized spacial score (nSPS) is 12.2. The van der Waals surface area contributed by atoms with E-state index in [1.807, 2.05) is 0 Å². The predicted octanol–water partition coefficient (Wildman–Crippen LogP) is 1.53. The van der Waals surface area contributed by atoms with Gasteiger partial charge >= 0.3 is 0 Å². The molecule has 0 amide bonds. The summed E-state index contributed by atoms with van der Waals surface area (Å²) < 4.78 is 5.00. The van der Waals surface area contributed by atoms with Gasteiger partial charge in [-0.2, -0.15) is 9.97 Å². The lowest BCUT2D eigenvalue weighted by molar-refractivity contribution is 0.398. The maximum absolute atomic E-state index is 5.53. The molecule has 1 heterocycles. The number of ether oxygens (including phenoxy) is 1. The van der Waals surface area contributed by atoms with Crippen LogP contribution in [0.15, 0.2) is 6.07 Å². The zero-order chi connectivity index (χ0) is 11.3. The SMILES string of the molecule is CCC(C)CNc1cc(OC)nc(N)n1. The van der Waals surface area contributed by atoms with E-state index < -0.39 is 0 Å².